The molecule has 146 valence electrons. The lowest BCUT2D eigenvalue weighted by Gasteiger charge is -2.33. The minimum Gasteiger partial charge on any atom is -0.456 e. The number of ether oxygens (including phenoxy) is 1. The maximum absolute atomic E-state index is 12.2. The van der Waals surface area contributed by atoms with Crippen LogP contribution in [0.4, 0.5) is 0 Å². The van der Waals surface area contributed by atoms with Crippen LogP contribution in [0.5, 0.6) is 0 Å². The van der Waals surface area contributed by atoms with Crippen molar-refractivity contribution in [2.75, 3.05) is 39.3 Å². The van der Waals surface area contributed by atoms with Gasteiger partial charge in [-0.3, -0.25) is 0 Å². The first-order chi connectivity index (χ1) is 13.5. The summed E-state index contributed by atoms with van der Waals surface area (Å²) in [5.41, 5.74) is 1.24. The van der Waals surface area contributed by atoms with Crippen molar-refractivity contribution in [3.8, 4) is 0 Å². The van der Waals surface area contributed by atoms with Crippen LogP contribution >= 0.6 is 0 Å². The van der Waals surface area contributed by atoms with E-state index < -0.39 is 10.0 Å². The number of nitrogens with one attached hydrogen (secondary N) is 1. The Morgan fingerprint density at radius 3 is 2.46 bits per heavy atom. The van der Waals surface area contributed by atoms with Gasteiger partial charge >= 0.3 is 5.97 Å². The highest BCUT2D eigenvalue weighted by atomic mass is 32.2. The monoisotopic (exact) mass is 400 g/mol. The van der Waals surface area contributed by atoms with Gasteiger partial charge in [0.25, 0.3) is 10.0 Å². The van der Waals surface area contributed by atoms with Crippen LogP contribution in [0.2, 0.25) is 0 Å². The third kappa shape index (κ3) is 3.79. The Bertz CT molecular complexity index is 997. The van der Waals surface area contributed by atoms with E-state index in [1.807, 2.05) is 29.2 Å². The number of fused-ring (bicyclic) bond motifs is 1. The molecule has 2 aromatic rings. The summed E-state index contributed by atoms with van der Waals surface area (Å²) in [5.74, 6) is 0.242. The molecule has 0 atom stereocenters. The molecule has 2 aliphatic rings. The van der Waals surface area contributed by atoms with Gasteiger partial charge in [-0.25, -0.2) is 4.79 Å². The zero-order valence-corrected chi connectivity index (χ0v) is 16.2. The zero-order chi connectivity index (χ0) is 19.6. The first-order valence-electron chi connectivity index (χ1n) is 9.30. The molecule has 2 aromatic carbocycles. The second-order valence-corrected chi connectivity index (χ2v) is 8.45. The van der Waals surface area contributed by atoms with E-state index in [1.165, 1.54) is 4.90 Å². The molecule has 0 spiro atoms. The number of piperazine rings is 1. The third-order valence-corrected chi connectivity index (χ3v) is 6.41. The van der Waals surface area contributed by atoms with Gasteiger partial charge < -0.3 is 14.5 Å². The number of hydrogen-bond donors (Lipinski definition) is 1. The van der Waals surface area contributed by atoms with Gasteiger partial charge in [0.2, 0.25) is 0 Å². The maximum atomic E-state index is 12.2. The van der Waals surface area contributed by atoms with Gasteiger partial charge in [0.05, 0.1) is 31.7 Å². The number of nitrogens with zero attached hydrogens (tertiary/aromatic N) is 2. The lowest BCUT2D eigenvalue weighted by atomic mass is 10.1. The van der Waals surface area contributed by atoms with Crippen LogP contribution in [0.3, 0.4) is 0 Å². The number of rotatable bonds is 4. The van der Waals surface area contributed by atoms with Crippen LogP contribution < -0.4 is 4.90 Å². The Morgan fingerprint density at radius 1 is 1.04 bits per heavy atom. The van der Waals surface area contributed by atoms with Gasteiger partial charge in [0.1, 0.15) is 18.0 Å². The highest BCUT2D eigenvalue weighted by Crippen LogP contribution is 2.27. The molecule has 0 amide bonds. The third-order valence-electron chi connectivity index (χ3n) is 5.08. The maximum Gasteiger partial charge on any atom is 0.338 e. The number of esters is 1. The number of hydrogen-bond acceptors (Lipinski definition) is 5. The first kappa shape index (κ1) is 18.6. The molecular formula is C20H22N3O4S+. The van der Waals surface area contributed by atoms with Gasteiger partial charge in [-0.05, 0) is 24.3 Å². The molecule has 0 unspecified atom stereocenters. The van der Waals surface area contributed by atoms with Crippen LogP contribution in [0.1, 0.15) is 15.9 Å². The van der Waals surface area contributed by atoms with Gasteiger partial charge in [-0.2, -0.15) is 8.42 Å². The Balaban J connectivity index is 1.29. The highest BCUT2D eigenvalue weighted by molar-refractivity contribution is 7.90. The van der Waals surface area contributed by atoms with Gasteiger partial charge in [0.15, 0.2) is 5.84 Å². The number of carbonyl (C=O) groups excluding carboxylic acids is 1. The van der Waals surface area contributed by atoms with Crippen molar-refractivity contribution < 1.29 is 22.8 Å². The Hall–Kier alpha value is -2.71. The normalized spacial score (nSPS) is 18.4. The van der Waals surface area contributed by atoms with E-state index in [-0.39, 0.29) is 10.9 Å². The summed E-state index contributed by atoms with van der Waals surface area (Å²) in [4.78, 5) is 15.6. The van der Waals surface area contributed by atoms with E-state index in [4.69, 9.17) is 4.74 Å². The highest BCUT2D eigenvalue weighted by Gasteiger charge is 2.33. The van der Waals surface area contributed by atoms with Gasteiger partial charge in [-0.1, -0.05) is 30.3 Å². The molecule has 28 heavy (non-hydrogen) atoms. The van der Waals surface area contributed by atoms with Crippen molar-refractivity contribution in [3.63, 3.8) is 0 Å². The molecule has 4 rings (SSSR count). The van der Waals surface area contributed by atoms with Crippen molar-refractivity contribution in [1.82, 2.24) is 4.90 Å². The van der Waals surface area contributed by atoms with E-state index in [0.29, 0.717) is 36.7 Å². The summed E-state index contributed by atoms with van der Waals surface area (Å²) in [6, 6.07) is 15.9. The fraction of sp³-hybridized carbons (Fsp3) is 0.300. The number of amidine groups is 1. The smallest absolute Gasteiger partial charge is 0.338 e. The molecule has 0 aromatic heterocycles. The largest absolute Gasteiger partial charge is 0.456 e. The van der Waals surface area contributed by atoms with Crippen molar-refractivity contribution in [1.29, 1.82) is 0 Å². The molecule has 0 bridgehead atoms. The summed E-state index contributed by atoms with van der Waals surface area (Å²) >= 11 is 0. The Morgan fingerprint density at radius 2 is 1.71 bits per heavy atom. The van der Waals surface area contributed by atoms with E-state index in [2.05, 4.69) is 4.40 Å². The fourth-order valence-electron chi connectivity index (χ4n) is 3.55. The number of carbonyl (C=O) groups is 1. The molecule has 1 fully saturated rings. The summed E-state index contributed by atoms with van der Waals surface area (Å²) in [6.07, 6.45) is 0. The summed E-state index contributed by atoms with van der Waals surface area (Å²) < 4.78 is 33.8. The van der Waals surface area contributed by atoms with Gasteiger partial charge in [-0.15, -0.1) is 4.40 Å². The van der Waals surface area contributed by atoms with Crippen molar-refractivity contribution in [2.24, 2.45) is 4.40 Å². The Kier molecular flexibility index (Phi) is 5.15. The van der Waals surface area contributed by atoms with Crippen LogP contribution in [0.25, 0.3) is 0 Å². The second kappa shape index (κ2) is 7.73. The SMILES string of the molecule is O=C(OCC[NH+]1CCN(C2=NS(=O)(=O)c3ccccc32)CC1)c1ccccc1. The lowest BCUT2D eigenvalue weighted by Crippen LogP contribution is -3.15. The molecule has 8 heteroatoms. The predicted molar refractivity (Wildman–Crippen MR) is 104 cm³/mol. The minimum atomic E-state index is -3.59. The van der Waals surface area contributed by atoms with Crippen LogP contribution in [0, 0.1) is 0 Å². The average molecular weight is 400 g/mol. The van der Waals surface area contributed by atoms with Crippen molar-refractivity contribution >= 4 is 21.8 Å². The first-order valence-corrected chi connectivity index (χ1v) is 10.7. The quantitative estimate of drug-likeness (QED) is 0.742. The molecular weight excluding hydrogens is 378 g/mol. The van der Waals surface area contributed by atoms with Crippen LogP contribution in [-0.4, -0.2) is 64.5 Å². The van der Waals surface area contributed by atoms with Crippen molar-refractivity contribution in [2.45, 2.75) is 4.90 Å². The summed E-state index contributed by atoms with van der Waals surface area (Å²) in [5, 5.41) is 0. The summed E-state index contributed by atoms with van der Waals surface area (Å²) in [6.45, 7) is 4.19. The minimum absolute atomic E-state index is 0.285. The van der Waals surface area contributed by atoms with Crippen molar-refractivity contribution in [3.05, 3.63) is 65.7 Å². The molecule has 1 saturated heterocycles. The number of quaternary nitrogens is 1. The lowest BCUT2D eigenvalue weighted by molar-refractivity contribution is -0.904. The predicted octanol–water partition coefficient (Wildman–Crippen LogP) is 0.193. The van der Waals surface area contributed by atoms with Crippen LogP contribution in [0.15, 0.2) is 63.9 Å². The topological polar surface area (TPSA) is 80.5 Å². The molecule has 0 aliphatic carbocycles. The van der Waals surface area contributed by atoms with E-state index in [1.54, 1.807) is 30.3 Å². The second-order valence-electron chi connectivity index (χ2n) is 6.88. The average Bonchev–Trinajstić information content (AvgIpc) is 3.00. The standard InChI is InChI=1S/C20H21N3O4S/c24-20(16-6-2-1-3-7-16)27-15-14-22-10-12-23(13-11-22)19-17-8-4-5-9-18(17)28(25,26)21-19/h1-9H,10-15H2/p+1. The fourth-order valence-corrected chi connectivity index (χ4v) is 4.77. The molecule has 7 nitrogen and oxygen atoms in total. The molecule has 2 aliphatic heterocycles. The van der Waals surface area contributed by atoms with E-state index >= 15 is 0 Å². The summed E-state index contributed by atoms with van der Waals surface area (Å²) in [7, 11) is -3.59. The number of benzene rings is 2. The number of sulfonamides is 1. The molecule has 2 heterocycles. The Labute approximate surface area is 164 Å². The van der Waals surface area contributed by atoms with E-state index in [9.17, 15) is 13.2 Å². The molecule has 1 N–H and O–H groups in total. The molecule has 0 radical (unpaired) electrons. The van der Waals surface area contributed by atoms with E-state index in [0.717, 1.165) is 19.6 Å². The van der Waals surface area contributed by atoms with Crippen LogP contribution in [-0.2, 0) is 14.8 Å². The zero-order valence-electron chi connectivity index (χ0n) is 15.4. The van der Waals surface area contributed by atoms with Gasteiger partial charge in [0, 0.05) is 5.56 Å². The molecule has 0 saturated carbocycles.